The molecule has 1 aliphatic rings. The number of ether oxygens (including phenoxy) is 1. The minimum Gasteiger partial charge on any atom is -0.497 e. The monoisotopic (exact) mass is 412 g/mol. The van der Waals surface area contributed by atoms with Crippen LogP contribution < -0.4 is 15.6 Å². The largest absolute Gasteiger partial charge is 0.497 e. The molecule has 7 nitrogen and oxygen atoms in total. The lowest BCUT2D eigenvalue weighted by molar-refractivity contribution is -0.131. The Morgan fingerprint density at radius 1 is 1.28 bits per heavy atom. The Morgan fingerprint density at radius 3 is 2.72 bits per heavy atom. The molecule has 29 heavy (non-hydrogen) atoms. The summed E-state index contributed by atoms with van der Waals surface area (Å²) in [5.41, 5.74) is 1.56. The van der Waals surface area contributed by atoms with Crippen LogP contribution in [0.25, 0.3) is 20.7 Å². The third kappa shape index (κ3) is 3.90. The van der Waals surface area contributed by atoms with Gasteiger partial charge in [-0.15, -0.1) is 11.3 Å². The van der Waals surface area contributed by atoms with E-state index in [-0.39, 0.29) is 23.4 Å². The first kappa shape index (κ1) is 19.6. The van der Waals surface area contributed by atoms with E-state index in [2.05, 4.69) is 20.2 Å². The van der Waals surface area contributed by atoms with Crippen LogP contribution >= 0.6 is 11.3 Å². The number of nitrogens with one attached hydrogen (secondary N) is 2. The molecule has 0 radical (unpaired) electrons. The van der Waals surface area contributed by atoms with Crippen LogP contribution in [0.2, 0.25) is 0 Å². The van der Waals surface area contributed by atoms with Crippen molar-refractivity contribution in [2.75, 3.05) is 20.2 Å². The molecule has 0 bridgehead atoms. The molecule has 3 heterocycles. The Labute approximate surface area is 172 Å². The topological polar surface area (TPSA) is 87.3 Å². The van der Waals surface area contributed by atoms with Crippen LogP contribution in [0.1, 0.15) is 19.7 Å². The van der Waals surface area contributed by atoms with Gasteiger partial charge in [0, 0.05) is 18.0 Å². The standard InChI is InChI=1S/C21H24N4O3S/c1-12(2)18-20(26)22-8-9-25(18)11-17-23-15-10-16(29-19(15)21(27)24-17)13-4-6-14(28-3)7-5-13/h4-7,10,12,18H,8-9,11H2,1-3H3,(H,22,26)(H,23,24,27). The van der Waals surface area contributed by atoms with E-state index in [1.807, 2.05) is 44.2 Å². The van der Waals surface area contributed by atoms with Crippen molar-refractivity contribution in [1.29, 1.82) is 0 Å². The molecule has 0 saturated carbocycles. The zero-order chi connectivity index (χ0) is 20.5. The van der Waals surface area contributed by atoms with E-state index in [1.54, 1.807) is 7.11 Å². The third-order valence-corrected chi connectivity index (χ3v) is 6.32. The van der Waals surface area contributed by atoms with Crippen LogP contribution in [-0.4, -0.2) is 47.0 Å². The summed E-state index contributed by atoms with van der Waals surface area (Å²) >= 11 is 1.43. The number of hydrogen-bond acceptors (Lipinski definition) is 6. The number of methoxy groups -OCH3 is 1. The van der Waals surface area contributed by atoms with Gasteiger partial charge in [0.15, 0.2) is 0 Å². The molecule has 2 N–H and O–H groups in total. The third-order valence-electron chi connectivity index (χ3n) is 5.15. The van der Waals surface area contributed by atoms with Crippen molar-refractivity contribution in [2.45, 2.75) is 26.4 Å². The van der Waals surface area contributed by atoms with Crippen molar-refractivity contribution in [3.05, 3.63) is 46.5 Å². The highest BCUT2D eigenvalue weighted by atomic mass is 32.1. The molecular weight excluding hydrogens is 388 g/mol. The molecular formula is C21H24N4O3S. The highest BCUT2D eigenvalue weighted by Gasteiger charge is 2.32. The van der Waals surface area contributed by atoms with Gasteiger partial charge in [-0.25, -0.2) is 4.98 Å². The Balaban J connectivity index is 1.64. The highest BCUT2D eigenvalue weighted by molar-refractivity contribution is 7.22. The summed E-state index contributed by atoms with van der Waals surface area (Å²) in [4.78, 5) is 35.6. The average molecular weight is 413 g/mol. The number of H-pyrrole nitrogens is 1. The molecule has 8 heteroatoms. The fourth-order valence-electron chi connectivity index (χ4n) is 3.79. The lowest BCUT2D eigenvalue weighted by Crippen LogP contribution is -2.57. The molecule has 1 aromatic carbocycles. The first-order valence-corrected chi connectivity index (χ1v) is 10.5. The predicted molar refractivity (Wildman–Crippen MR) is 114 cm³/mol. The van der Waals surface area contributed by atoms with Gasteiger partial charge in [-0.1, -0.05) is 13.8 Å². The fourth-order valence-corrected chi connectivity index (χ4v) is 4.78. The van der Waals surface area contributed by atoms with Crippen LogP contribution in [0.4, 0.5) is 0 Å². The smallest absolute Gasteiger partial charge is 0.268 e. The van der Waals surface area contributed by atoms with Crippen LogP contribution in [0.15, 0.2) is 35.1 Å². The predicted octanol–water partition coefficient (Wildman–Crippen LogP) is 2.62. The summed E-state index contributed by atoms with van der Waals surface area (Å²) in [5, 5.41) is 2.92. The van der Waals surface area contributed by atoms with E-state index in [4.69, 9.17) is 4.74 Å². The molecule has 152 valence electrons. The maximum Gasteiger partial charge on any atom is 0.268 e. The van der Waals surface area contributed by atoms with E-state index in [0.717, 1.165) is 22.7 Å². The second-order valence-corrected chi connectivity index (χ2v) is 8.57. The van der Waals surface area contributed by atoms with Crippen molar-refractivity contribution in [2.24, 2.45) is 5.92 Å². The lowest BCUT2D eigenvalue weighted by Gasteiger charge is -2.36. The molecule has 1 unspecified atom stereocenters. The summed E-state index contributed by atoms with van der Waals surface area (Å²) in [6.45, 7) is 5.84. The van der Waals surface area contributed by atoms with Gasteiger partial charge in [-0.2, -0.15) is 0 Å². The number of nitrogens with zero attached hydrogens (tertiary/aromatic N) is 2. The first-order chi connectivity index (χ1) is 14.0. The molecule has 0 aliphatic carbocycles. The number of thiophene rings is 1. The van der Waals surface area contributed by atoms with E-state index in [9.17, 15) is 9.59 Å². The summed E-state index contributed by atoms with van der Waals surface area (Å²) in [7, 11) is 1.63. The molecule has 4 rings (SSSR count). The van der Waals surface area contributed by atoms with Gasteiger partial charge in [-0.3, -0.25) is 14.5 Å². The number of rotatable bonds is 5. The maximum atomic E-state index is 12.7. The Bertz CT molecular complexity index is 1090. The highest BCUT2D eigenvalue weighted by Crippen LogP contribution is 2.32. The van der Waals surface area contributed by atoms with Gasteiger partial charge < -0.3 is 15.0 Å². The zero-order valence-electron chi connectivity index (χ0n) is 16.7. The van der Waals surface area contributed by atoms with Crippen LogP contribution in [0, 0.1) is 5.92 Å². The molecule has 1 saturated heterocycles. The van der Waals surface area contributed by atoms with Crippen molar-refractivity contribution in [1.82, 2.24) is 20.2 Å². The van der Waals surface area contributed by atoms with E-state index in [0.29, 0.717) is 29.1 Å². The van der Waals surface area contributed by atoms with E-state index < -0.39 is 0 Å². The van der Waals surface area contributed by atoms with Crippen molar-refractivity contribution in [3.8, 4) is 16.2 Å². The zero-order valence-corrected chi connectivity index (χ0v) is 17.5. The van der Waals surface area contributed by atoms with Crippen molar-refractivity contribution >= 4 is 27.5 Å². The molecule has 0 spiro atoms. The number of fused-ring (bicyclic) bond motifs is 1. The van der Waals surface area contributed by atoms with E-state index >= 15 is 0 Å². The van der Waals surface area contributed by atoms with E-state index in [1.165, 1.54) is 11.3 Å². The normalized spacial score (nSPS) is 17.7. The number of carbonyl (C=O) groups excluding carboxylic acids is 1. The van der Waals surface area contributed by atoms with Gasteiger partial charge in [-0.05, 0) is 41.8 Å². The van der Waals surface area contributed by atoms with Crippen LogP contribution in [0.5, 0.6) is 5.75 Å². The average Bonchev–Trinajstić information content (AvgIpc) is 3.12. The number of carbonyl (C=O) groups is 1. The molecule has 3 aromatic rings. The Kier molecular flexibility index (Phi) is 5.38. The minimum absolute atomic E-state index is 0.0343. The molecule has 2 aromatic heterocycles. The lowest BCUT2D eigenvalue weighted by atomic mass is 10.00. The quantitative estimate of drug-likeness (QED) is 0.673. The Hall–Kier alpha value is -2.71. The molecule has 1 atom stereocenters. The summed E-state index contributed by atoms with van der Waals surface area (Å²) in [6, 6.07) is 9.47. The molecule has 1 fully saturated rings. The summed E-state index contributed by atoms with van der Waals surface area (Å²) in [6.07, 6.45) is 0. The van der Waals surface area contributed by atoms with Gasteiger partial charge in [0.25, 0.3) is 5.56 Å². The fraction of sp³-hybridized carbons (Fsp3) is 0.381. The number of aromatic amines is 1. The second-order valence-electron chi connectivity index (χ2n) is 7.52. The molecule has 1 amide bonds. The Morgan fingerprint density at radius 2 is 2.03 bits per heavy atom. The van der Waals surface area contributed by atoms with Crippen LogP contribution in [-0.2, 0) is 11.3 Å². The number of amides is 1. The maximum absolute atomic E-state index is 12.7. The van der Waals surface area contributed by atoms with Gasteiger partial charge in [0.05, 0.1) is 25.2 Å². The number of piperazine rings is 1. The van der Waals surface area contributed by atoms with Gasteiger partial charge in [0.1, 0.15) is 16.3 Å². The number of aromatic nitrogens is 2. The minimum atomic E-state index is -0.220. The number of hydrogen-bond donors (Lipinski definition) is 2. The van der Waals surface area contributed by atoms with Crippen LogP contribution in [0.3, 0.4) is 0 Å². The van der Waals surface area contributed by atoms with Gasteiger partial charge >= 0.3 is 0 Å². The second kappa shape index (κ2) is 7.96. The van der Waals surface area contributed by atoms with Crippen molar-refractivity contribution in [3.63, 3.8) is 0 Å². The SMILES string of the molecule is COc1ccc(-c2cc3nc(CN4CCNC(=O)C4C(C)C)[nH]c(=O)c3s2)cc1. The summed E-state index contributed by atoms with van der Waals surface area (Å²) < 4.78 is 5.81. The van der Waals surface area contributed by atoms with Crippen molar-refractivity contribution < 1.29 is 9.53 Å². The summed E-state index contributed by atoms with van der Waals surface area (Å²) in [5.74, 6) is 1.58. The van der Waals surface area contributed by atoms with Gasteiger partial charge in [0.2, 0.25) is 5.91 Å². The molecule has 1 aliphatic heterocycles. The number of benzene rings is 1. The first-order valence-electron chi connectivity index (χ1n) is 9.65.